The Labute approximate surface area is 159 Å². The van der Waals surface area contributed by atoms with Gasteiger partial charge in [-0.25, -0.2) is 9.37 Å². The maximum absolute atomic E-state index is 13.8. The average Bonchev–Trinajstić information content (AvgIpc) is 3.34. The van der Waals surface area contributed by atoms with Crippen LogP contribution in [0.2, 0.25) is 0 Å². The molecular formula is C20H16FN3O2S. The summed E-state index contributed by atoms with van der Waals surface area (Å²) in [5.74, 6) is -0.582. The zero-order valence-corrected chi connectivity index (χ0v) is 15.1. The van der Waals surface area contributed by atoms with E-state index >= 15 is 0 Å². The van der Waals surface area contributed by atoms with Crippen molar-refractivity contribution in [2.24, 2.45) is 5.16 Å². The van der Waals surface area contributed by atoms with E-state index in [9.17, 15) is 9.18 Å². The summed E-state index contributed by atoms with van der Waals surface area (Å²) in [4.78, 5) is 22.8. The predicted octanol–water partition coefficient (Wildman–Crippen LogP) is 4.33. The van der Waals surface area contributed by atoms with E-state index in [1.165, 1.54) is 17.4 Å². The molecule has 0 spiro atoms. The van der Waals surface area contributed by atoms with E-state index < -0.39 is 0 Å². The molecule has 7 heteroatoms. The van der Waals surface area contributed by atoms with Crippen LogP contribution < -0.4 is 5.32 Å². The number of hydrogen-bond acceptors (Lipinski definition) is 5. The van der Waals surface area contributed by atoms with Gasteiger partial charge in [-0.15, -0.1) is 11.3 Å². The molecule has 136 valence electrons. The lowest BCUT2D eigenvalue weighted by Gasteiger charge is -2.07. The first-order valence-electron chi connectivity index (χ1n) is 8.46. The first-order valence-corrected chi connectivity index (χ1v) is 9.28. The number of carbonyl (C=O) groups excluding carboxylic acids is 1. The number of hydrogen-bond donors (Lipinski definition) is 1. The summed E-state index contributed by atoms with van der Waals surface area (Å²) in [5.41, 5.74) is 1.90. The van der Waals surface area contributed by atoms with Crippen LogP contribution in [0.5, 0.6) is 0 Å². The van der Waals surface area contributed by atoms with Crippen molar-refractivity contribution in [2.75, 3.05) is 5.32 Å². The lowest BCUT2D eigenvalue weighted by molar-refractivity contribution is -0.110. The van der Waals surface area contributed by atoms with E-state index in [1.807, 2.05) is 30.3 Å². The molecule has 1 unspecified atom stereocenters. The number of nitrogens with one attached hydrogen (secondary N) is 1. The number of rotatable bonds is 5. The van der Waals surface area contributed by atoms with Gasteiger partial charge in [0.1, 0.15) is 11.5 Å². The van der Waals surface area contributed by atoms with Crippen molar-refractivity contribution in [1.29, 1.82) is 0 Å². The van der Waals surface area contributed by atoms with Gasteiger partial charge in [-0.2, -0.15) is 0 Å². The van der Waals surface area contributed by atoms with Crippen molar-refractivity contribution in [3.63, 3.8) is 0 Å². The Bertz CT molecular complexity index is 988. The number of carbonyl (C=O) groups is 1. The average molecular weight is 381 g/mol. The van der Waals surface area contributed by atoms with Gasteiger partial charge in [-0.3, -0.25) is 10.1 Å². The van der Waals surface area contributed by atoms with Crippen LogP contribution in [-0.4, -0.2) is 16.6 Å². The summed E-state index contributed by atoms with van der Waals surface area (Å²) in [6.07, 6.45) is 2.23. The molecule has 0 aliphatic carbocycles. The largest absolute Gasteiger partial charge is 0.387 e. The standard InChI is InChI=1S/C20H16FN3O2S/c21-16-9-5-4-8-14(16)10-15-12-22-20(27-15)23-19(25)17-11-18(26-24-17)13-6-2-1-3-7-13/h1-9,12,18H,10-11H2,(H,22,23,25). The Morgan fingerprint density at radius 3 is 2.78 bits per heavy atom. The van der Waals surface area contributed by atoms with Crippen LogP contribution in [0.3, 0.4) is 0 Å². The second kappa shape index (κ2) is 7.67. The minimum absolute atomic E-state index is 0.249. The summed E-state index contributed by atoms with van der Waals surface area (Å²) in [6, 6.07) is 16.3. The maximum Gasteiger partial charge on any atom is 0.275 e. The van der Waals surface area contributed by atoms with E-state index in [4.69, 9.17) is 4.84 Å². The molecule has 5 nitrogen and oxygen atoms in total. The maximum atomic E-state index is 13.8. The quantitative estimate of drug-likeness (QED) is 0.715. The second-order valence-electron chi connectivity index (χ2n) is 6.10. The summed E-state index contributed by atoms with van der Waals surface area (Å²) >= 11 is 1.32. The summed E-state index contributed by atoms with van der Waals surface area (Å²) < 4.78 is 13.8. The predicted molar refractivity (Wildman–Crippen MR) is 102 cm³/mol. The molecule has 2 aromatic carbocycles. The first kappa shape index (κ1) is 17.4. The molecule has 1 N–H and O–H groups in total. The third kappa shape index (κ3) is 4.03. The minimum atomic E-state index is -0.333. The Hall–Kier alpha value is -3.06. The van der Waals surface area contributed by atoms with Crippen LogP contribution in [0.15, 0.2) is 65.9 Å². The number of anilines is 1. The third-order valence-corrected chi connectivity index (χ3v) is 5.11. The zero-order chi connectivity index (χ0) is 18.6. The fourth-order valence-electron chi connectivity index (χ4n) is 2.80. The minimum Gasteiger partial charge on any atom is -0.387 e. The van der Waals surface area contributed by atoms with Crippen LogP contribution in [-0.2, 0) is 16.1 Å². The SMILES string of the molecule is O=C(Nc1ncc(Cc2ccccc2F)s1)C1=NOC(c2ccccc2)C1. The van der Waals surface area contributed by atoms with Crippen molar-refractivity contribution < 1.29 is 14.0 Å². The third-order valence-electron chi connectivity index (χ3n) is 4.20. The monoisotopic (exact) mass is 381 g/mol. The number of aromatic nitrogens is 1. The lowest BCUT2D eigenvalue weighted by atomic mass is 10.0. The highest BCUT2D eigenvalue weighted by Gasteiger charge is 2.27. The highest BCUT2D eigenvalue weighted by atomic mass is 32.1. The van der Waals surface area contributed by atoms with E-state index in [0.717, 1.165) is 10.4 Å². The second-order valence-corrected chi connectivity index (χ2v) is 7.22. The summed E-state index contributed by atoms with van der Waals surface area (Å²) in [5, 5.41) is 7.10. The number of benzene rings is 2. The smallest absolute Gasteiger partial charge is 0.275 e. The molecule has 0 bridgehead atoms. The van der Waals surface area contributed by atoms with E-state index in [2.05, 4.69) is 15.5 Å². The highest BCUT2D eigenvalue weighted by molar-refractivity contribution is 7.15. The van der Waals surface area contributed by atoms with Crippen LogP contribution in [0, 0.1) is 5.82 Å². The molecule has 1 aliphatic heterocycles. The molecule has 1 atom stereocenters. The Morgan fingerprint density at radius 2 is 1.96 bits per heavy atom. The van der Waals surface area contributed by atoms with Crippen molar-refractivity contribution >= 4 is 28.1 Å². The molecule has 0 saturated heterocycles. The normalized spacial score (nSPS) is 15.9. The van der Waals surface area contributed by atoms with Crippen molar-refractivity contribution in [2.45, 2.75) is 18.9 Å². The molecule has 3 aromatic rings. The molecule has 4 rings (SSSR count). The lowest BCUT2D eigenvalue weighted by Crippen LogP contribution is -2.21. The van der Waals surface area contributed by atoms with Gasteiger partial charge >= 0.3 is 0 Å². The van der Waals surface area contributed by atoms with Crippen LogP contribution in [0.1, 0.15) is 28.5 Å². The molecule has 0 fully saturated rings. The van der Waals surface area contributed by atoms with Crippen LogP contribution in [0.25, 0.3) is 0 Å². The summed E-state index contributed by atoms with van der Waals surface area (Å²) in [7, 11) is 0. The number of halogens is 1. The van der Waals surface area contributed by atoms with Gasteiger partial charge in [-0.05, 0) is 17.2 Å². The summed E-state index contributed by atoms with van der Waals surface area (Å²) in [6.45, 7) is 0. The van der Waals surface area contributed by atoms with E-state index in [-0.39, 0.29) is 17.8 Å². The molecule has 1 aliphatic rings. The van der Waals surface area contributed by atoms with E-state index in [0.29, 0.717) is 29.2 Å². The van der Waals surface area contributed by atoms with Crippen molar-refractivity contribution in [1.82, 2.24) is 4.98 Å². The highest BCUT2D eigenvalue weighted by Crippen LogP contribution is 2.28. The number of thiazole rings is 1. The Balaban J connectivity index is 1.37. The number of amides is 1. The molecular weight excluding hydrogens is 365 g/mol. The Morgan fingerprint density at radius 1 is 1.19 bits per heavy atom. The van der Waals surface area contributed by atoms with Crippen molar-refractivity contribution in [3.05, 3.63) is 82.6 Å². The number of nitrogens with zero attached hydrogens (tertiary/aromatic N) is 2. The van der Waals surface area contributed by atoms with Gasteiger partial charge in [0.2, 0.25) is 0 Å². The molecule has 1 amide bonds. The van der Waals surface area contributed by atoms with Crippen molar-refractivity contribution in [3.8, 4) is 0 Å². The molecule has 2 heterocycles. The van der Waals surface area contributed by atoms with Gasteiger partial charge < -0.3 is 4.84 Å². The Kier molecular flexibility index (Phi) is 4.93. The zero-order valence-electron chi connectivity index (χ0n) is 14.3. The molecule has 0 radical (unpaired) electrons. The molecule has 0 saturated carbocycles. The van der Waals surface area contributed by atoms with Gasteiger partial charge in [0.05, 0.1) is 0 Å². The van der Waals surface area contributed by atoms with Crippen LogP contribution in [0.4, 0.5) is 9.52 Å². The first-order chi connectivity index (χ1) is 13.2. The van der Waals surface area contributed by atoms with Gasteiger partial charge in [-0.1, -0.05) is 53.7 Å². The van der Waals surface area contributed by atoms with Gasteiger partial charge in [0.25, 0.3) is 5.91 Å². The fourth-order valence-corrected chi connectivity index (χ4v) is 3.63. The fraction of sp³-hybridized carbons (Fsp3) is 0.150. The number of oxime groups is 1. The molecule has 27 heavy (non-hydrogen) atoms. The van der Waals surface area contributed by atoms with E-state index in [1.54, 1.807) is 24.4 Å². The molecule has 1 aromatic heterocycles. The van der Waals surface area contributed by atoms with Crippen LogP contribution >= 0.6 is 11.3 Å². The van der Waals surface area contributed by atoms with Gasteiger partial charge in [0, 0.05) is 23.9 Å². The van der Waals surface area contributed by atoms with Gasteiger partial charge in [0.15, 0.2) is 11.2 Å². The topological polar surface area (TPSA) is 63.6 Å².